The smallest absolute Gasteiger partial charge is 0.0662 e. The maximum Gasteiger partial charge on any atom is 0.0662 e. The number of aromatic nitrogens is 4. The molecule has 2 aliphatic heterocycles. The molecule has 3 aromatic carbocycles. The third-order valence-electron chi connectivity index (χ3n) is 9.80. The van der Waals surface area contributed by atoms with Crippen LogP contribution in [0.1, 0.15) is 30.1 Å². The predicted octanol–water partition coefficient (Wildman–Crippen LogP) is 8.69. The summed E-state index contributed by atoms with van der Waals surface area (Å²) in [7, 11) is 0. The fraction of sp³-hybridized carbons (Fsp3) is 0.128. The first kappa shape index (κ1) is 24.8. The van der Waals surface area contributed by atoms with Crippen LogP contribution >= 0.6 is 0 Å². The van der Waals surface area contributed by atoms with E-state index in [0.29, 0.717) is 0 Å². The van der Waals surface area contributed by atoms with Gasteiger partial charge in [0.1, 0.15) is 0 Å². The molecule has 0 fully saturated rings. The summed E-state index contributed by atoms with van der Waals surface area (Å²) in [5, 5.41) is 9.85. The summed E-state index contributed by atoms with van der Waals surface area (Å²) in [4.78, 5) is 8.86. The van der Waals surface area contributed by atoms with Gasteiger partial charge in [-0.2, -0.15) is 0 Å². The molecule has 0 amide bonds. The first-order valence-electron chi connectivity index (χ1n) is 15.8. The van der Waals surface area contributed by atoms with Crippen LogP contribution in [0.5, 0.6) is 0 Å². The molecule has 7 aromatic rings. The van der Waals surface area contributed by atoms with Crippen LogP contribution in [0.2, 0.25) is 0 Å². The number of fused-ring (bicyclic) bond motifs is 12. The highest BCUT2D eigenvalue weighted by atomic mass is 15.1. The number of nitrogens with one attached hydrogen (secondary N) is 1. The third kappa shape index (κ3) is 3.34. The maximum atomic E-state index is 4.46. The predicted molar refractivity (Wildman–Crippen MR) is 187 cm³/mol. The van der Waals surface area contributed by atoms with Crippen molar-refractivity contribution >= 4 is 72.5 Å². The maximum absolute atomic E-state index is 4.46. The van der Waals surface area contributed by atoms with E-state index < -0.39 is 0 Å². The van der Waals surface area contributed by atoms with Crippen molar-refractivity contribution in [1.29, 1.82) is 0 Å². The van der Waals surface area contributed by atoms with Crippen molar-refractivity contribution in [2.24, 2.45) is 4.99 Å². The number of benzene rings is 3. The van der Waals surface area contributed by atoms with Gasteiger partial charge < -0.3 is 19.0 Å². The minimum absolute atomic E-state index is 0.157. The molecule has 6 nitrogen and oxygen atoms in total. The number of rotatable bonds is 3. The van der Waals surface area contributed by atoms with E-state index in [-0.39, 0.29) is 6.04 Å². The van der Waals surface area contributed by atoms with Crippen LogP contribution in [0.3, 0.4) is 0 Å². The van der Waals surface area contributed by atoms with Gasteiger partial charge in [-0.3, -0.25) is 9.98 Å². The van der Waals surface area contributed by atoms with E-state index >= 15 is 0 Å². The van der Waals surface area contributed by atoms with Gasteiger partial charge in [-0.05, 0) is 61.5 Å². The first-order valence-corrected chi connectivity index (χ1v) is 15.8. The number of para-hydroxylation sites is 2. The van der Waals surface area contributed by atoms with Crippen molar-refractivity contribution in [3.8, 4) is 5.69 Å². The number of hydrogen-bond donors (Lipinski definition) is 1. The zero-order valence-corrected chi connectivity index (χ0v) is 24.7. The standard InChI is InChI=1S/C39H30N6/c1-4-10-31-28(7-1)34-37(43(31)25-13-19-40-20-14-25)35-30-9-3-6-12-33(30)45(27-17-23-42-24-18-27)39(35)36-29-8-2-5-11-32(29)44(38(34)36)26-15-21-41-22-16-26/h1-5,7-11,13-15,17-19,21-24,26,40H,6,12,16,20H2. The van der Waals surface area contributed by atoms with Gasteiger partial charge in [-0.15, -0.1) is 0 Å². The molecule has 6 heterocycles. The molecule has 3 aliphatic rings. The number of nitrogens with zero attached hydrogens (tertiary/aromatic N) is 5. The van der Waals surface area contributed by atoms with E-state index in [0.717, 1.165) is 31.5 Å². The van der Waals surface area contributed by atoms with E-state index in [9.17, 15) is 0 Å². The van der Waals surface area contributed by atoms with Gasteiger partial charge in [-0.25, -0.2) is 0 Å². The summed E-state index contributed by atoms with van der Waals surface area (Å²) in [5.74, 6) is 0. The van der Waals surface area contributed by atoms with Crippen molar-refractivity contribution in [1.82, 2.24) is 24.0 Å². The molecule has 45 heavy (non-hydrogen) atoms. The van der Waals surface area contributed by atoms with Crippen molar-refractivity contribution in [2.45, 2.75) is 25.3 Å². The molecule has 4 aromatic heterocycles. The minimum Gasteiger partial charge on any atom is -0.387 e. The van der Waals surface area contributed by atoms with Crippen molar-refractivity contribution in [2.75, 3.05) is 6.54 Å². The zero-order chi connectivity index (χ0) is 29.5. The Morgan fingerprint density at radius 1 is 0.778 bits per heavy atom. The average molecular weight is 583 g/mol. The Hall–Kier alpha value is -5.62. The lowest BCUT2D eigenvalue weighted by atomic mass is 9.98. The van der Waals surface area contributed by atoms with Crippen LogP contribution in [0.15, 0.2) is 115 Å². The van der Waals surface area contributed by atoms with Crippen LogP contribution in [-0.4, -0.2) is 31.4 Å². The van der Waals surface area contributed by atoms with Gasteiger partial charge in [0.15, 0.2) is 0 Å². The Balaban J connectivity index is 1.57. The normalized spacial score (nSPS) is 17.6. The van der Waals surface area contributed by atoms with E-state index in [1.165, 1.54) is 71.5 Å². The molecule has 1 aliphatic carbocycles. The van der Waals surface area contributed by atoms with Crippen molar-refractivity contribution in [3.63, 3.8) is 0 Å². The lowest BCUT2D eigenvalue weighted by Crippen LogP contribution is -2.11. The number of pyridine rings is 1. The highest BCUT2D eigenvalue weighted by Crippen LogP contribution is 2.50. The lowest BCUT2D eigenvalue weighted by Gasteiger charge is -2.19. The monoisotopic (exact) mass is 582 g/mol. The Bertz CT molecular complexity index is 2510. The summed E-state index contributed by atoms with van der Waals surface area (Å²) >= 11 is 0. The molecule has 0 saturated heterocycles. The summed E-state index contributed by atoms with van der Waals surface area (Å²) in [6.07, 6.45) is 24.3. The Morgan fingerprint density at radius 3 is 2.33 bits per heavy atom. The van der Waals surface area contributed by atoms with Crippen LogP contribution in [-0.2, 0) is 6.42 Å². The molecule has 0 bridgehead atoms. The summed E-state index contributed by atoms with van der Waals surface area (Å²) in [5.41, 5.74) is 11.3. The van der Waals surface area contributed by atoms with Crippen LogP contribution in [0, 0.1) is 0 Å². The molecule has 0 spiro atoms. The Kier molecular flexibility index (Phi) is 5.20. The third-order valence-corrected chi connectivity index (χ3v) is 9.80. The topological polar surface area (TPSA) is 52.1 Å². The zero-order valence-electron chi connectivity index (χ0n) is 24.7. The van der Waals surface area contributed by atoms with Crippen molar-refractivity contribution in [3.05, 3.63) is 121 Å². The van der Waals surface area contributed by atoms with E-state index in [1.807, 2.05) is 18.6 Å². The molecule has 0 radical (unpaired) electrons. The van der Waals surface area contributed by atoms with Gasteiger partial charge in [0.2, 0.25) is 0 Å². The second-order valence-corrected chi connectivity index (χ2v) is 12.1. The largest absolute Gasteiger partial charge is 0.387 e. The van der Waals surface area contributed by atoms with Crippen LogP contribution < -0.4 is 5.32 Å². The number of aliphatic imine (C=N–C) groups is 1. The van der Waals surface area contributed by atoms with Gasteiger partial charge in [0, 0.05) is 92.9 Å². The molecule has 10 rings (SSSR count). The number of allylic oxidation sites excluding steroid dienone is 4. The average Bonchev–Trinajstić information content (AvgIpc) is 3.75. The van der Waals surface area contributed by atoms with E-state index in [4.69, 9.17) is 0 Å². The summed E-state index contributed by atoms with van der Waals surface area (Å²) in [6.45, 7) is 0.799. The van der Waals surface area contributed by atoms with E-state index in [1.54, 1.807) is 0 Å². The first-order chi connectivity index (χ1) is 22.4. The van der Waals surface area contributed by atoms with Gasteiger partial charge in [-0.1, -0.05) is 48.6 Å². The molecular formula is C39H30N6. The molecular weight excluding hydrogens is 552 g/mol. The molecule has 1 unspecified atom stereocenters. The highest BCUT2D eigenvalue weighted by molar-refractivity contribution is 6.37. The fourth-order valence-electron chi connectivity index (χ4n) is 8.08. The van der Waals surface area contributed by atoms with Crippen LogP contribution in [0.4, 0.5) is 0 Å². The Labute approximate surface area is 259 Å². The van der Waals surface area contributed by atoms with E-state index in [2.05, 4.69) is 132 Å². The highest BCUT2D eigenvalue weighted by Gasteiger charge is 2.31. The molecule has 0 saturated carbocycles. The number of dihydropyridines is 1. The second kappa shape index (κ2) is 9.44. The van der Waals surface area contributed by atoms with Gasteiger partial charge >= 0.3 is 0 Å². The molecule has 6 heteroatoms. The fourth-order valence-corrected chi connectivity index (χ4v) is 8.08. The molecule has 1 atom stereocenters. The quantitative estimate of drug-likeness (QED) is 0.227. The molecule has 216 valence electrons. The molecule has 1 N–H and O–H groups in total. The van der Waals surface area contributed by atoms with Crippen LogP contribution in [0.25, 0.3) is 72.0 Å². The van der Waals surface area contributed by atoms with Crippen molar-refractivity contribution < 1.29 is 0 Å². The Morgan fingerprint density at radius 2 is 1.56 bits per heavy atom. The number of hydrogen-bond acceptors (Lipinski definition) is 3. The summed E-state index contributed by atoms with van der Waals surface area (Å²) < 4.78 is 7.65. The lowest BCUT2D eigenvalue weighted by molar-refractivity contribution is 0.669. The second-order valence-electron chi connectivity index (χ2n) is 12.1. The summed E-state index contributed by atoms with van der Waals surface area (Å²) in [6, 6.07) is 22.4. The minimum atomic E-state index is 0.157. The van der Waals surface area contributed by atoms with Gasteiger partial charge in [0.05, 0.1) is 28.1 Å². The van der Waals surface area contributed by atoms with Gasteiger partial charge in [0.25, 0.3) is 0 Å². The SMILES string of the molecule is C1=Cc2c(n(-c3ccncc3)c3c2c2c(c4ccccc4n2C2=CCNC=C2)c2c3c3ccccc3n2C2C=CN=CC2)CC1.